The van der Waals surface area contributed by atoms with E-state index in [9.17, 15) is 4.79 Å². The van der Waals surface area contributed by atoms with Gasteiger partial charge in [-0.25, -0.2) is 4.79 Å². The van der Waals surface area contributed by atoms with Gasteiger partial charge in [-0.15, -0.1) is 0 Å². The van der Waals surface area contributed by atoms with Gasteiger partial charge < -0.3 is 9.15 Å². The molecule has 0 amide bonds. The van der Waals surface area contributed by atoms with Gasteiger partial charge in [0.05, 0.1) is 12.9 Å². The van der Waals surface area contributed by atoms with Gasteiger partial charge in [-0.2, -0.15) is 0 Å². The molecule has 1 rings (SSSR count). The summed E-state index contributed by atoms with van der Waals surface area (Å²) in [5.41, 5.74) is 0.674. The van der Waals surface area contributed by atoms with Gasteiger partial charge in [0.15, 0.2) is 0 Å². The Labute approximate surface area is 65.0 Å². The van der Waals surface area contributed by atoms with Gasteiger partial charge in [-0.3, -0.25) is 0 Å². The molecule has 3 nitrogen and oxygen atoms in total. The molecule has 0 N–H and O–H groups in total. The van der Waals surface area contributed by atoms with Crippen LogP contribution in [-0.4, -0.2) is 12.6 Å². The van der Waals surface area contributed by atoms with Crippen LogP contribution in [0.1, 0.15) is 23.0 Å². The first-order valence-corrected chi connectivity index (χ1v) is 3.31. The van der Waals surface area contributed by atoms with E-state index in [1.54, 1.807) is 6.92 Å². The monoisotopic (exact) mass is 153 g/mol. The molecule has 3 heteroatoms. The van der Waals surface area contributed by atoms with E-state index in [2.05, 4.69) is 11.7 Å². The zero-order chi connectivity index (χ0) is 8.27. The van der Waals surface area contributed by atoms with E-state index < -0.39 is 5.97 Å². The van der Waals surface area contributed by atoms with Crippen molar-refractivity contribution in [1.82, 2.24) is 0 Å². The molecule has 0 aliphatic carbocycles. The molecule has 0 saturated heterocycles. The van der Waals surface area contributed by atoms with Crippen molar-refractivity contribution in [3.8, 4) is 0 Å². The van der Waals surface area contributed by atoms with Gasteiger partial charge in [0.2, 0.25) is 5.76 Å². The van der Waals surface area contributed by atoms with Gasteiger partial charge in [0.1, 0.15) is 0 Å². The van der Waals surface area contributed by atoms with E-state index >= 15 is 0 Å². The summed E-state index contributed by atoms with van der Waals surface area (Å²) in [6, 6.07) is 1.54. The highest BCUT2D eigenvalue weighted by molar-refractivity contribution is 5.86. The van der Waals surface area contributed by atoms with E-state index in [0.29, 0.717) is 12.2 Å². The third-order valence-corrected chi connectivity index (χ3v) is 1.13. The van der Waals surface area contributed by atoms with Gasteiger partial charge >= 0.3 is 5.97 Å². The summed E-state index contributed by atoms with van der Waals surface area (Å²) in [5, 5.41) is 0. The van der Waals surface area contributed by atoms with Gasteiger partial charge in [-0.05, 0) is 25.5 Å². The van der Waals surface area contributed by atoms with Crippen molar-refractivity contribution in [1.29, 1.82) is 0 Å². The van der Waals surface area contributed by atoms with Crippen molar-refractivity contribution in [2.75, 3.05) is 6.61 Å². The molecule has 0 aromatic carbocycles. The van der Waals surface area contributed by atoms with E-state index in [1.165, 1.54) is 12.3 Å². The number of furan rings is 1. The zero-order valence-electron chi connectivity index (χ0n) is 6.29. The molecular formula is C8H9O3. The first kappa shape index (κ1) is 7.85. The third-order valence-electron chi connectivity index (χ3n) is 1.13. The first-order chi connectivity index (χ1) is 5.24. The van der Waals surface area contributed by atoms with Gasteiger partial charge in [0.25, 0.3) is 0 Å². The molecule has 0 aliphatic heterocycles. The molecule has 0 unspecified atom stereocenters. The summed E-state index contributed by atoms with van der Waals surface area (Å²) in [5.74, 6) is -0.237. The van der Waals surface area contributed by atoms with Crippen LogP contribution in [0.2, 0.25) is 0 Å². The summed E-state index contributed by atoms with van der Waals surface area (Å²) in [6.07, 6.45) is 1.41. The molecule has 0 atom stereocenters. The maximum Gasteiger partial charge on any atom is 0.374 e. The second kappa shape index (κ2) is 3.23. The van der Waals surface area contributed by atoms with Crippen LogP contribution in [0.4, 0.5) is 0 Å². The highest BCUT2D eigenvalue weighted by atomic mass is 16.5. The van der Waals surface area contributed by atoms with Gasteiger partial charge in [0, 0.05) is 0 Å². The standard InChI is InChI=1S/C8H9O3/c1-3-10-8(9)7-4-6(2)5-11-7/h4-5H,2-3H2,1H3. The molecule has 0 aliphatic rings. The molecule has 59 valence electrons. The Balaban J connectivity index is 2.69. The summed E-state index contributed by atoms with van der Waals surface area (Å²) in [4.78, 5) is 10.9. The molecule has 11 heavy (non-hydrogen) atoms. The third kappa shape index (κ3) is 1.83. The molecule has 0 spiro atoms. The van der Waals surface area contributed by atoms with E-state index in [0.717, 1.165) is 0 Å². The lowest BCUT2D eigenvalue weighted by Crippen LogP contribution is -2.02. The fourth-order valence-electron chi connectivity index (χ4n) is 0.685. The highest BCUT2D eigenvalue weighted by Crippen LogP contribution is 2.07. The van der Waals surface area contributed by atoms with Crippen molar-refractivity contribution in [2.45, 2.75) is 6.92 Å². The number of hydrogen-bond acceptors (Lipinski definition) is 3. The van der Waals surface area contributed by atoms with Crippen molar-refractivity contribution >= 4 is 5.97 Å². The van der Waals surface area contributed by atoms with Crippen molar-refractivity contribution in [2.24, 2.45) is 0 Å². The van der Waals surface area contributed by atoms with Crippen LogP contribution in [0, 0.1) is 6.92 Å². The second-order valence-electron chi connectivity index (χ2n) is 2.04. The highest BCUT2D eigenvalue weighted by Gasteiger charge is 2.09. The topological polar surface area (TPSA) is 39.4 Å². The molecule has 0 bridgehead atoms. The molecule has 0 saturated carbocycles. The maximum absolute atomic E-state index is 10.9. The quantitative estimate of drug-likeness (QED) is 0.606. The minimum atomic E-state index is -0.442. The molecular weight excluding hydrogens is 144 g/mol. The summed E-state index contributed by atoms with van der Waals surface area (Å²) >= 11 is 0. The summed E-state index contributed by atoms with van der Waals surface area (Å²) in [7, 11) is 0. The van der Waals surface area contributed by atoms with Crippen molar-refractivity contribution in [3.63, 3.8) is 0 Å². The van der Waals surface area contributed by atoms with Crippen LogP contribution in [0.15, 0.2) is 16.7 Å². The second-order valence-corrected chi connectivity index (χ2v) is 2.04. The number of carbonyl (C=O) groups is 1. The molecule has 1 aromatic rings. The van der Waals surface area contributed by atoms with Crippen molar-refractivity contribution in [3.05, 3.63) is 30.6 Å². The summed E-state index contributed by atoms with van der Waals surface area (Å²) in [6.45, 7) is 5.68. The maximum atomic E-state index is 10.9. The van der Waals surface area contributed by atoms with Crippen LogP contribution >= 0.6 is 0 Å². The Morgan fingerprint density at radius 2 is 2.55 bits per heavy atom. The average molecular weight is 153 g/mol. The lowest BCUT2D eigenvalue weighted by Gasteiger charge is -1.95. The number of carbonyl (C=O) groups excluding carboxylic acids is 1. The number of ether oxygens (including phenoxy) is 1. The average Bonchev–Trinajstić information content (AvgIpc) is 2.36. The predicted molar refractivity (Wildman–Crippen MR) is 39.1 cm³/mol. The largest absolute Gasteiger partial charge is 0.460 e. The first-order valence-electron chi connectivity index (χ1n) is 3.31. The normalized spacial score (nSPS) is 9.64. The van der Waals surface area contributed by atoms with Crippen LogP contribution < -0.4 is 0 Å². The predicted octanol–water partition coefficient (Wildman–Crippen LogP) is 1.64. The fourth-order valence-corrected chi connectivity index (χ4v) is 0.685. The smallest absolute Gasteiger partial charge is 0.374 e. The molecule has 1 aromatic heterocycles. The van der Waals surface area contributed by atoms with E-state index in [-0.39, 0.29) is 5.76 Å². The molecule has 0 fully saturated rings. The van der Waals surface area contributed by atoms with E-state index in [1.807, 2.05) is 0 Å². The van der Waals surface area contributed by atoms with Gasteiger partial charge in [-0.1, -0.05) is 0 Å². The minimum Gasteiger partial charge on any atom is -0.460 e. The minimum absolute atomic E-state index is 0.205. The van der Waals surface area contributed by atoms with Crippen LogP contribution in [0.25, 0.3) is 0 Å². The lowest BCUT2D eigenvalue weighted by atomic mass is 10.3. The Morgan fingerprint density at radius 1 is 1.82 bits per heavy atom. The number of esters is 1. The number of hydrogen-bond donors (Lipinski definition) is 0. The Bertz CT molecular complexity index is 250. The number of rotatable bonds is 2. The van der Waals surface area contributed by atoms with Crippen LogP contribution in [0.3, 0.4) is 0 Å². The molecule has 1 heterocycles. The van der Waals surface area contributed by atoms with Crippen LogP contribution in [0.5, 0.6) is 0 Å². The molecule has 1 radical (unpaired) electrons. The Morgan fingerprint density at radius 3 is 3.00 bits per heavy atom. The van der Waals surface area contributed by atoms with E-state index in [4.69, 9.17) is 4.42 Å². The Kier molecular flexibility index (Phi) is 2.31. The van der Waals surface area contributed by atoms with Crippen molar-refractivity contribution < 1.29 is 13.9 Å². The fraction of sp³-hybridized carbons (Fsp3) is 0.250. The SMILES string of the molecule is [CH2]c1coc(C(=O)OCC)c1. The summed E-state index contributed by atoms with van der Waals surface area (Å²) < 4.78 is 9.52. The lowest BCUT2D eigenvalue weighted by molar-refractivity contribution is 0.0490. The Hall–Kier alpha value is -1.25. The van der Waals surface area contributed by atoms with Crippen LogP contribution in [-0.2, 0) is 4.74 Å². The zero-order valence-corrected chi connectivity index (χ0v) is 6.29.